The number of para-hydroxylation sites is 1. The van der Waals surface area contributed by atoms with E-state index in [1.54, 1.807) is 30.3 Å². The molecule has 5 heteroatoms. The van der Waals surface area contributed by atoms with Crippen LogP contribution in [-0.4, -0.2) is 6.09 Å². The lowest BCUT2D eigenvalue weighted by molar-refractivity contribution is 0.200. The van der Waals surface area contributed by atoms with Crippen molar-refractivity contribution in [3.8, 4) is 5.75 Å². The predicted molar refractivity (Wildman–Crippen MR) is 70.7 cm³/mol. The standard InChI is InChI=1S/C14H11ClFNO2/c15-11-7-6-10(13(16)8-11)9-17-14(18)19-12-4-2-1-3-5-12/h1-8H,9H2,(H,17,18). The molecular weight excluding hydrogens is 269 g/mol. The van der Waals surface area contributed by atoms with Crippen LogP contribution in [0, 0.1) is 5.82 Å². The van der Waals surface area contributed by atoms with Gasteiger partial charge in [-0.05, 0) is 24.3 Å². The molecule has 0 saturated heterocycles. The van der Waals surface area contributed by atoms with Gasteiger partial charge in [0.05, 0.1) is 0 Å². The molecule has 2 aromatic carbocycles. The van der Waals surface area contributed by atoms with E-state index in [-0.39, 0.29) is 6.54 Å². The van der Waals surface area contributed by atoms with Crippen molar-refractivity contribution < 1.29 is 13.9 Å². The third-order valence-electron chi connectivity index (χ3n) is 2.39. The molecule has 0 unspecified atom stereocenters. The van der Waals surface area contributed by atoms with E-state index in [1.165, 1.54) is 12.1 Å². The van der Waals surface area contributed by atoms with Gasteiger partial charge in [-0.25, -0.2) is 9.18 Å². The Hall–Kier alpha value is -2.07. The van der Waals surface area contributed by atoms with E-state index in [0.29, 0.717) is 16.3 Å². The van der Waals surface area contributed by atoms with Crippen LogP contribution in [-0.2, 0) is 6.54 Å². The Labute approximate surface area is 115 Å². The lowest BCUT2D eigenvalue weighted by Crippen LogP contribution is -2.26. The summed E-state index contributed by atoms with van der Waals surface area (Å²) in [6.45, 7) is 0.0364. The fourth-order valence-electron chi connectivity index (χ4n) is 1.46. The summed E-state index contributed by atoms with van der Waals surface area (Å²) in [7, 11) is 0. The molecule has 0 saturated carbocycles. The third-order valence-corrected chi connectivity index (χ3v) is 2.63. The summed E-state index contributed by atoms with van der Waals surface area (Å²) >= 11 is 5.63. The van der Waals surface area contributed by atoms with E-state index in [1.807, 2.05) is 6.07 Å². The molecule has 0 fully saturated rings. The molecule has 0 aliphatic rings. The number of ether oxygens (including phenoxy) is 1. The van der Waals surface area contributed by atoms with Crippen molar-refractivity contribution in [1.82, 2.24) is 5.32 Å². The van der Waals surface area contributed by atoms with E-state index in [0.717, 1.165) is 0 Å². The van der Waals surface area contributed by atoms with Gasteiger partial charge in [-0.3, -0.25) is 0 Å². The Morgan fingerprint density at radius 3 is 2.63 bits per heavy atom. The number of halogens is 2. The maximum absolute atomic E-state index is 13.5. The molecule has 0 bridgehead atoms. The van der Waals surface area contributed by atoms with Gasteiger partial charge in [0.2, 0.25) is 0 Å². The summed E-state index contributed by atoms with van der Waals surface area (Å²) in [5.74, 6) is -0.0379. The molecule has 0 aliphatic heterocycles. The third kappa shape index (κ3) is 3.96. The zero-order valence-corrected chi connectivity index (χ0v) is 10.7. The lowest BCUT2D eigenvalue weighted by Gasteiger charge is -2.07. The highest BCUT2D eigenvalue weighted by atomic mass is 35.5. The quantitative estimate of drug-likeness (QED) is 0.929. The number of amides is 1. The molecule has 0 aliphatic carbocycles. The van der Waals surface area contributed by atoms with Crippen LogP contribution in [0.25, 0.3) is 0 Å². The van der Waals surface area contributed by atoms with Gasteiger partial charge in [0.25, 0.3) is 0 Å². The van der Waals surface area contributed by atoms with Gasteiger partial charge in [0.15, 0.2) is 0 Å². The van der Waals surface area contributed by atoms with Gasteiger partial charge < -0.3 is 10.1 Å². The van der Waals surface area contributed by atoms with Crippen molar-refractivity contribution in [2.45, 2.75) is 6.54 Å². The number of rotatable bonds is 3. The Kier molecular flexibility index (Phi) is 4.36. The van der Waals surface area contributed by atoms with Crippen molar-refractivity contribution in [3.05, 3.63) is 64.9 Å². The van der Waals surface area contributed by atoms with Crippen molar-refractivity contribution >= 4 is 17.7 Å². The second-order valence-corrected chi connectivity index (χ2v) is 4.23. The van der Waals surface area contributed by atoms with Crippen molar-refractivity contribution in [2.75, 3.05) is 0 Å². The van der Waals surface area contributed by atoms with E-state index >= 15 is 0 Å². The molecule has 0 heterocycles. The van der Waals surface area contributed by atoms with Gasteiger partial charge in [-0.15, -0.1) is 0 Å². The summed E-state index contributed by atoms with van der Waals surface area (Å²) < 4.78 is 18.5. The van der Waals surface area contributed by atoms with Gasteiger partial charge in [0, 0.05) is 17.1 Å². The van der Waals surface area contributed by atoms with Gasteiger partial charge in [-0.1, -0.05) is 35.9 Å². The summed E-state index contributed by atoms with van der Waals surface area (Å²) in [5, 5.41) is 2.78. The molecule has 0 spiro atoms. The van der Waals surface area contributed by atoms with Crippen LogP contribution in [0.15, 0.2) is 48.5 Å². The number of hydrogen-bond acceptors (Lipinski definition) is 2. The minimum Gasteiger partial charge on any atom is -0.410 e. The molecule has 0 aromatic heterocycles. The molecule has 3 nitrogen and oxygen atoms in total. The zero-order chi connectivity index (χ0) is 13.7. The molecular formula is C14H11ClFNO2. The Morgan fingerprint density at radius 1 is 1.21 bits per heavy atom. The highest BCUT2D eigenvalue weighted by Crippen LogP contribution is 2.14. The van der Waals surface area contributed by atoms with Gasteiger partial charge >= 0.3 is 6.09 Å². The highest BCUT2D eigenvalue weighted by Gasteiger charge is 2.07. The van der Waals surface area contributed by atoms with E-state index in [2.05, 4.69) is 5.32 Å². The van der Waals surface area contributed by atoms with Crippen LogP contribution < -0.4 is 10.1 Å². The minimum atomic E-state index is -0.638. The normalized spacial score (nSPS) is 10.0. The molecule has 0 atom stereocenters. The second kappa shape index (κ2) is 6.20. The fourth-order valence-corrected chi connectivity index (χ4v) is 1.62. The van der Waals surface area contributed by atoms with Crippen molar-refractivity contribution in [3.63, 3.8) is 0 Å². The number of nitrogens with one attached hydrogen (secondary N) is 1. The number of carbonyl (C=O) groups is 1. The molecule has 1 amide bonds. The first kappa shape index (κ1) is 13.4. The maximum Gasteiger partial charge on any atom is 0.412 e. The highest BCUT2D eigenvalue weighted by molar-refractivity contribution is 6.30. The first-order valence-corrected chi connectivity index (χ1v) is 5.97. The number of hydrogen-bond donors (Lipinski definition) is 1. The monoisotopic (exact) mass is 279 g/mol. The molecule has 2 aromatic rings. The lowest BCUT2D eigenvalue weighted by atomic mass is 10.2. The Morgan fingerprint density at radius 2 is 1.95 bits per heavy atom. The van der Waals surface area contributed by atoms with Crippen LogP contribution in [0.4, 0.5) is 9.18 Å². The Balaban J connectivity index is 1.90. The average Bonchev–Trinajstić information content (AvgIpc) is 2.39. The fraction of sp³-hybridized carbons (Fsp3) is 0.0714. The molecule has 1 N–H and O–H groups in total. The first-order valence-electron chi connectivity index (χ1n) is 5.60. The Bertz CT molecular complexity index is 575. The van der Waals surface area contributed by atoms with Gasteiger partial charge in [0.1, 0.15) is 11.6 Å². The van der Waals surface area contributed by atoms with Crippen LogP contribution >= 0.6 is 11.6 Å². The first-order chi connectivity index (χ1) is 9.15. The van der Waals surface area contributed by atoms with Crippen LogP contribution in [0.2, 0.25) is 5.02 Å². The van der Waals surface area contributed by atoms with Crippen LogP contribution in [0.3, 0.4) is 0 Å². The smallest absolute Gasteiger partial charge is 0.410 e. The van der Waals surface area contributed by atoms with E-state index < -0.39 is 11.9 Å². The maximum atomic E-state index is 13.5. The molecule has 98 valence electrons. The van der Waals surface area contributed by atoms with E-state index in [4.69, 9.17) is 16.3 Å². The minimum absolute atomic E-state index is 0.0364. The largest absolute Gasteiger partial charge is 0.412 e. The molecule has 2 rings (SSSR count). The average molecular weight is 280 g/mol. The summed E-state index contributed by atoms with van der Waals surface area (Å²) in [5.41, 5.74) is 0.342. The number of benzene rings is 2. The van der Waals surface area contributed by atoms with Crippen LogP contribution in [0.5, 0.6) is 5.75 Å². The summed E-state index contributed by atoms with van der Waals surface area (Å²) in [4.78, 5) is 11.5. The van der Waals surface area contributed by atoms with Gasteiger partial charge in [-0.2, -0.15) is 0 Å². The van der Waals surface area contributed by atoms with Crippen molar-refractivity contribution in [2.24, 2.45) is 0 Å². The SMILES string of the molecule is O=C(NCc1ccc(Cl)cc1F)Oc1ccccc1. The van der Waals surface area contributed by atoms with E-state index in [9.17, 15) is 9.18 Å². The van der Waals surface area contributed by atoms with Crippen molar-refractivity contribution in [1.29, 1.82) is 0 Å². The second-order valence-electron chi connectivity index (χ2n) is 3.79. The summed E-state index contributed by atoms with van der Waals surface area (Å²) in [6.07, 6.45) is -0.638. The van der Waals surface area contributed by atoms with Crippen LogP contribution in [0.1, 0.15) is 5.56 Å². The summed E-state index contributed by atoms with van der Waals surface area (Å²) in [6, 6.07) is 12.9. The number of carbonyl (C=O) groups excluding carboxylic acids is 1. The zero-order valence-electron chi connectivity index (χ0n) is 9.90. The topological polar surface area (TPSA) is 38.3 Å². The molecule has 19 heavy (non-hydrogen) atoms. The predicted octanol–water partition coefficient (Wildman–Crippen LogP) is 3.77. The molecule has 0 radical (unpaired) electrons.